The molecule has 0 bridgehead atoms. The molecule has 2 aliphatic carbocycles. The summed E-state index contributed by atoms with van der Waals surface area (Å²) in [5.74, 6) is 2.89. The molecule has 0 saturated heterocycles. The highest BCUT2D eigenvalue weighted by Gasteiger charge is 2.31. The number of para-hydroxylation sites is 2. The molecule has 6 aromatic heterocycles. The Morgan fingerprint density at radius 3 is 1.53 bits per heavy atom. The van der Waals surface area contributed by atoms with Gasteiger partial charge in [-0.1, -0.05) is 36.4 Å². The maximum atomic E-state index is 12.4. The van der Waals surface area contributed by atoms with Gasteiger partial charge in [-0.3, -0.25) is 0 Å². The van der Waals surface area contributed by atoms with Crippen LogP contribution in [0.15, 0.2) is 92.9 Å². The molecule has 0 radical (unpaired) electrons. The Morgan fingerprint density at radius 1 is 0.645 bits per heavy atom. The zero-order chi connectivity index (χ0) is 43.0. The van der Waals surface area contributed by atoms with Crippen molar-refractivity contribution in [1.82, 2.24) is 29.7 Å². The van der Waals surface area contributed by atoms with E-state index >= 15 is 0 Å². The fourth-order valence-electron chi connectivity index (χ4n) is 8.49. The number of fused-ring (bicyclic) bond motifs is 4. The number of hydrogen-bond acceptors (Lipinski definition) is 13. The minimum absolute atomic E-state index is 0.0322. The Balaban J connectivity index is 0.000000161. The van der Waals surface area contributed by atoms with E-state index in [1.807, 2.05) is 76.3 Å². The predicted molar refractivity (Wildman–Crippen MR) is 246 cm³/mol. The molecule has 2 aromatic carbocycles. The molecule has 0 N–H and O–H groups in total. The molecule has 14 heteroatoms. The lowest BCUT2D eigenvalue weighted by Crippen LogP contribution is -2.43. The van der Waals surface area contributed by atoms with Gasteiger partial charge in [0.1, 0.15) is 62.8 Å². The molecule has 322 valence electrons. The first-order valence-corrected chi connectivity index (χ1v) is 23.1. The summed E-state index contributed by atoms with van der Waals surface area (Å²) in [5, 5.41) is 8.14. The van der Waals surface area contributed by atoms with Crippen LogP contribution in [0.4, 0.5) is 4.79 Å². The van der Waals surface area contributed by atoms with Gasteiger partial charge in [0.25, 0.3) is 0 Å². The number of ether oxygens (including phenoxy) is 3. The first-order chi connectivity index (χ1) is 30.0. The molecule has 1 amide bonds. The van der Waals surface area contributed by atoms with E-state index in [9.17, 15) is 4.79 Å². The first-order valence-electron chi connectivity index (χ1n) is 21.3. The Hall–Kier alpha value is -5.57. The molecule has 0 unspecified atom stereocenters. The molecule has 0 spiro atoms. The van der Waals surface area contributed by atoms with E-state index in [4.69, 9.17) is 23.0 Å². The van der Waals surface area contributed by atoms with Gasteiger partial charge in [-0.25, -0.2) is 24.7 Å². The number of nitrogens with zero attached hydrogens (tertiary/aromatic N) is 6. The Bertz CT molecular complexity index is 2740. The number of hydrogen-bond donors (Lipinski definition) is 0. The third-order valence-electron chi connectivity index (χ3n) is 11.9. The van der Waals surface area contributed by atoms with Crippen LogP contribution < -0.4 is 9.47 Å². The number of carbonyl (C=O) groups excluding carboxylic acids is 1. The molecule has 0 atom stereocenters. The monoisotopic (exact) mass is 872 g/mol. The van der Waals surface area contributed by atoms with Gasteiger partial charge in [0, 0.05) is 51.8 Å². The maximum Gasteiger partial charge on any atom is 0.410 e. The summed E-state index contributed by atoms with van der Waals surface area (Å²) in [4.78, 5) is 36.1. The summed E-state index contributed by atoms with van der Waals surface area (Å²) in [5.41, 5.74) is 3.20. The summed E-state index contributed by atoms with van der Waals surface area (Å²) in [6.45, 7) is 5.65. The van der Waals surface area contributed by atoms with Crippen LogP contribution in [0.2, 0.25) is 0 Å². The number of furan rings is 2. The predicted octanol–water partition coefficient (Wildman–Crippen LogP) is 12.0. The van der Waals surface area contributed by atoms with Gasteiger partial charge in [0.05, 0.1) is 10.8 Å². The molecular formula is C48H52N6O6S2. The smallest absolute Gasteiger partial charge is 0.410 e. The molecule has 0 aliphatic heterocycles. The van der Waals surface area contributed by atoms with Crippen molar-refractivity contribution in [2.75, 3.05) is 21.1 Å². The third-order valence-corrected chi connectivity index (χ3v) is 13.6. The fourth-order valence-corrected chi connectivity index (χ4v) is 10.3. The summed E-state index contributed by atoms with van der Waals surface area (Å²) in [6, 6.07) is 21.0. The lowest BCUT2D eigenvalue weighted by atomic mass is 9.92. The highest BCUT2D eigenvalue weighted by Crippen LogP contribution is 2.42. The average Bonchev–Trinajstić information content (AvgIpc) is 4.08. The number of amides is 1. The van der Waals surface area contributed by atoms with Crippen molar-refractivity contribution in [3.8, 4) is 34.4 Å². The second kappa shape index (κ2) is 17.7. The van der Waals surface area contributed by atoms with Gasteiger partial charge < -0.3 is 32.8 Å². The lowest BCUT2D eigenvalue weighted by molar-refractivity contribution is 0.0137. The second-order valence-electron chi connectivity index (χ2n) is 17.5. The molecule has 62 heavy (non-hydrogen) atoms. The zero-order valence-corrected chi connectivity index (χ0v) is 37.6. The summed E-state index contributed by atoms with van der Waals surface area (Å²) in [7, 11) is 6.13. The Morgan fingerprint density at radius 2 is 1.10 bits per heavy atom. The number of rotatable bonds is 8. The van der Waals surface area contributed by atoms with Gasteiger partial charge in [0.2, 0.25) is 11.8 Å². The third kappa shape index (κ3) is 9.00. The lowest BCUT2D eigenvalue weighted by Gasteiger charge is -2.35. The summed E-state index contributed by atoms with van der Waals surface area (Å²) in [6.07, 6.45) is 10.9. The Labute approximate surface area is 368 Å². The molecule has 8 aromatic rings. The molecule has 2 saturated carbocycles. The molecule has 6 heterocycles. The minimum atomic E-state index is -0.498. The van der Waals surface area contributed by atoms with Gasteiger partial charge in [-0.05, 0) is 110 Å². The van der Waals surface area contributed by atoms with Crippen molar-refractivity contribution < 1.29 is 27.8 Å². The number of aromatic nitrogens is 4. The van der Waals surface area contributed by atoms with Crippen LogP contribution in [-0.4, -0.2) is 86.9 Å². The quantitative estimate of drug-likeness (QED) is 0.145. The standard InChI is InChI=1S/C26H29N3O4S.C22H23N3O2S/c1-26(2,3)33-25(30)29(4)17-9-11-18(12-10-17)31-23-22-19(14-34-24(22)28-15-27-23)21-13-16-7-5-6-8-20(16)32-21;1-25(2)15-7-9-16(10-8-15)26-21-20-17(12-28-22(20)24-13-23-21)19-11-14-5-3-4-6-18(14)27-19/h5-8,13-15,17-18H,9-12H2,1-4H3;3-6,11-13,15-16H,7-10H2,1-2H3. The minimum Gasteiger partial charge on any atom is -0.474 e. The van der Waals surface area contributed by atoms with Crippen molar-refractivity contribution in [3.05, 3.63) is 84.1 Å². The van der Waals surface area contributed by atoms with E-state index in [1.54, 1.807) is 40.2 Å². The highest BCUT2D eigenvalue weighted by atomic mass is 32.1. The van der Waals surface area contributed by atoms with Crippen LogP contribution in [-0.2, 0) is 4.74 Å². The zero-order valence-electron chi connectivity index (χ0n) is 36.0. The molecule has 2 aliphatic rings. The summed E-state index contributed by atoms with van der Waals surface area (Å²) < 4.78 is 30.5. The van der Waals surface area contributed by atoms with Gasteiger partial charge in [-0.2, -0.15) is 0 Å². The molecule has 2 fully saturated rings. The van der Waals surface area contributed by atoms with Crippen LogP contribution >= 0.6 is 22.7 Å². The normalized spacial score (nSPS) is 19.5. The van der Waals surface area contributed by atoms with Crippen LogP contribution in [0.1, 0.15) is 72.1 Å². The van der Waals surface area contributed by atoms with E-state index in [1.165, 1.54) is 0 Å². The average molecular weight is 873 g/mol. The van der Waals surface area contributed by atoms with Crippen molar-refractivity contribution in [1.29, 1.82) is 0 Å². The van der Waals surface area contributed by atoms with Gasteiger partial charge >= 0.3 is 6.09 Å². The highest BCUT2D eigenvalue weighted by molar-refractivity contribution is 7.17. The number of benzene rings is 2. The number of carbonyl (C=O) groups is 1. The number of thiophene rings is 2. The van der Waals surface area contributed by atoms with E-state index in [0.29, 0.717) is 17.8 Å². The molecule has 12 nitrogen and oxygen atoms in total. The van der Waals surface area contributed by atoms with Crippen molar-refractivity contribution >= 4 is 71.1 Å². The van der Waals surface area contributed by atoms with Crippen molar-refractivity contribution in [2.45, 2.75) is 102 Å². The van der Waals surface area contributed by atoms with E-state index in [-0.39, 0.29) is 24.3 Å². The molecular weight excluding hydrogens is 821 g/mol. The second-order valence-corrected chi connectivity index (χ2v) is 19.2. The van der Waals surface area contributed by atoms with Gasteiger partial charge in [0.15, 0.2) is 0 Å². The van der Waals surface area contributed by atoms with E-state index in [2.05, 4.69) is 61.8 Å². The maximum absolute atomic E-state index is 12.4. The van der Waals surface area contributed by atoms with Crippen LogP contribution in [0, 0.1) is 0 Å². The van der Waals surface area contributed by atoms with E-state index < -0.39 is 5.60 Å². The largest absolute Gasteiger partial charge is 0.474 e. The van der Waals surface area contributed by atoms with Crippen LogP contribution in [0.3, 0.4) is 0 Å². The van der Waals surface area contributed by atoms with Crippen LogP contribution in [0.25, 0.3) is 65.0 Å². The topological polar surface area (TPSA) is 129 Å². The fraction of sp³-hybridized carbons (Fsp3) is 0.396. The first kappa shape index (κ1) is 41.8. The van der Waals surface area contributed by atoms with E-state index in [0.717, 1.165) is 116 Å². The van der Waals surface area contributed by atoms with Crippen LogP contribution in [0.5, 0.6) is 11.8 Å². The van der Waals surface area contributed by atoms with Crippen molar-refractivity contribution in [3.63, 3.8) is 0 Å². The molecule has 10 rings (SSSR count). The summed E-state index contributed by atoms with van der Waals surface area (Å²) >= 11 is 3.16. The Kier molecular flexibility index (Phi) is 11.9. The van der Waals surface area contributed by atoms with Crippen molar-refractivity contribution in [2.24, 2.45) is 0 Å². The van der Waals surface area contributed by atoms with Gasteiger partial charge in [-0.15, -0.1) is 22.7 Å². The SMILES string of the molecule is CN(C(=O)OC(C)(C)C)C1CCC(Oc2ncnc3scc(-c4cc5ccccc5o4)c23)CC1.CN(C)C1CCC(Oc2ncnc3scc(-c4cc5ccccc5o4)c23)CC1.